The van der Waals surface area contributed by atoms with Crippen LogP contribution in [0, 0.1) is 45.8 Å². The molecule has 2 bridgehead atoms. The van der Waals surface area contributed by atoms with Crippen LogP contribution in [0.1, 0.15) is 106 Å². The first-order chi connectivity index (χ1) is 25.2. The van der Waals surface area contributed by atoms with Crippen molar-refractivity contribution < 1.29 is 28.8 Å². The molecule has 2 saturated heterocycles. The van der Waals surface area contributed by atoms with Crippen LogP contribution in [0.25, 0.3) is 0 Å². The molecule has 1 aromatic carbocycles. The fourth-order valence-electron chi connectivity index (χ4n) is 8.86. The minimum Gasteiger partial charge on any atom is -0.333 e. The van der Waals surface area contributed by atoms with Crippen LogP contribution in [0.15, 0.2) is 30.3 Å². The smallest absolute Gasteiger partial charge is 0.333 e. The van der Waals surface area contributed by atoms with Gasteiger partial charge in [0.1, 0.15) is 12.1 Å². The van der Waals surface area contributed by atoms with Crippen molar-refractivity contribution >= 4 is 35.7 Å². The quantitative estimate of drug-likeness (QED) is 0.202. The van der Waals surface area contributed by atoms with Gasteiger partial charge < -0.3 is 20.9 Å². The molecule has 0 aromatic heterocycles. The highest BCUT2D eigenvalue weighted by Crippen LogP contribution is 2.65. The SMILES string of the molecule is C[C@H](NC(=O)N(CC1CC1)NC(=O)[C@@H]1[C@@H]2[C@H](CN1C(=O)[C@@H](NC(=O)N[C@H](CN1C(=O)C3CCC(C3)C1=O)C(C)(C)C)C(C)(C)C)C2(C)C)c1ccccc1. The summed E-state index contributed by atoms with van der Waals surface area (Å²) in [6, 6.07) is 5.93. The Kier molecular flexibility index (Phi) is 10.6. The molecule has 3 aliphatic carbocycles. The van der Waals surface area contributed by atoms with E-state index >= 15 is 0 Å². The third kappa shape index (κ3) is 8.10. The topological polar surface area (TPSA) is 160 Å². The molecule has 4 N–H and O–H groups in total. The number of hydrazine groups is 1. The van der Waals surface area contributed by atoms with Crippen LogP contribution in [-0.2, 0) is 19.2 Å². The summed E-state index contributed by atoms with van der Waals surface area (Å²) in [7, 11) is 0. The third-order valence-electron chi connectivity index (χ3n) is 12.8. The van der Waals surface area contributed by atoms with E-state index in [1.54, 1.807) is 4.90 Å². The minimum absolute atomic E-state index is 0.0532. The zero-order chi connectivity index (χ0) is 39.5. The summed E-state index contributed by atoms with van der Waals surface area (Å²) in [5.74, 6) is -1.17. The summed E-state index contributed by atoms with van der Waals surface area (Å²) in [5, 5.41) is 10.3. The first-order valence-corrected chi connectivity index (χ1v) is 19.8. The average molecular weight is 748 g/mol. The molecule has 54 heavy (non-hydrogen) atoms. The van der Waals surface area contributed by atoms with Gasteiger partial charge in [0.25, 0.3) is 5.91 Å². The van der Waals surface area contributed by atoms with Gasteiger partial charge in [0.2, 0.25) is 17.7 Å². The molecule has 296 valence electrons. The van der Waals surface area contributed by atoms with Crippen molar-refractivity contribution in [2.45, 2.75) is 119 Å². The van der Waals surface area contributed by atoms with Crippen molar-refractivity contribution in [3.63, 3.8) is 0 Å². The maximum absolute atomic E-state index is 14.6. The number of nitrogens with one attached hydrogen (secondary N) is 4. The maximum atomic E-state index is 14.6. The molecule has 8 amide bonds. The molecule has 13 nitrogen and oxygen atoms in total. The Labute approximate surface area is 320 Å². The van der Waals surface area contributed by atoms with E-state index < -0.39 is 46.9 Å². The summed E-state index contributed by atoms with van der Waals surface area (Å²) in [6.45, 7) is 18.3. The van der Waals surface area contributed by atoms with E-state index in [1.165, 1.54) is 9.91 Å². The fourth-order valence-corrected chi connectivity index (χ4v) is 8.86. The monoisotopic (exact) mass is 747 g/mol. The number of amides is 8. The third-order valence-corrected chi connectivity index (χ3v) is 12.8. The lowest BCUT2D eigenvalue weighted by molar-refractivity contribution is -0.153. The van der Waals surface area contributed by atoms with E-state index in [1.807, 2.05) is 78.8 Å². The van der Waals surface area contributed by atoms with Crippen LogP contribution >= 0.6 is 0 Å². The number of piperidine rings is 2. The molecule has 6 rings (SSSR count). The number of imide groups is 1. The lowest BCUT2D eigenvalue weighted by Crippen LogP contribution is -2.63. The van der Waals surface area contributed by atoms with Crippen molar-refractivity contribution in [3.8, 4) is 0 Å². The van der Waals surface area contributed by atoms with Gasteiger partial charge in [0.05, 0.1) is 12.1 Å². The molecule has 0 radical (unpaired) electrons. The van der Waals surface area contributed by atoms with Gasteiger partial charge in [-0.05, 0) is 78.6 Å². The zero-order valence-electron chi connectivity index (χ0n) is 33.5. The standard InChI is InChI=1S/C41H61N7O6/c1-23(25-13-11-10-12-14-25)42-38(54)48(20-24-15-16-24)45-33(49)31-30-28(41(30,8)9)21-46(31)36(52)32(40(5,6)7)44-37(53)43-29(39(2,3)4)22-47-34(50)26-17-18-27(19-26)35(47)51/h10-14,23-24,26-32H,15-22H2,1-9H3,(H,42,54)(H,45,49)(H2,43,44,53)/t23-,26?,27?,28-,29+,30-,31-,32+/m0/s1. The molecule has 13 heteroatoms. The van der Waals surface area contributed by atoms with E-state index in [9.17, 15) is 28.8 Å². The van der Waals surface area contributed by atoms with Crippen LogP contribution in [0.2, 0.25) is 0 Å². The Morgan fingerprint density at radius 1 is 0.870 bits per heavy atom. The Hall–Kier alpha value is -4.16. The molecule has 2 heterocycles. The molecule has 3 saturated carbocycles. The number of urea groups is 2. The second-order valence-electron chi connectivity index (χ2n) is 19.3. The number of likely N-dealkylation sites (tertiary alicyclic amines) is 2. The van der Waals surface area contributed by atoms with E-state index in [2.05, 4.69) is 35.2 Å². The van der Waals surface area contributed by atoms with Gasteiger partial charge >= 0.3 is 12.1 Å². The molecule has 1 aromatic rings. The number of carbonyl (C=O) groups is 6. The molecule has 5 aliphatic rings. The normalized spacial score (nSPS) is 27.4. The predicted molar refractivity (Wildman–Crippen MR) is 203 cm³/mol. The number of nitrogens with zero attached hydrogens (tertiary/aromatic N) is 3. The molecule has 5 fully saturated rings. The van der Waals surface area contributed by atoms with Crippen LogP contribution in [0.5, 0.6) is 0 Å². The van der Waals surface area contributed by atoms with E-state index in [0.717, 1.165) is 18.4 Å². The van der Waals surface area contributed by atoms with Gasteiger partial charge in [-0.15, -0.1) is 0 Å². The first kappa shape index (κ1) is 39.5. The number of carbonyl (C=O) groups excluding carboxylic acids is 6. The molecular formula is C41H61N7O6. The van der Waals surface area contributed by atoms with Gasteiger partial charge in [0.15, 0.2) is 0 Å². The van der Waals surface area contributed by atoms with Gasteiger partial charge in [-0.2, -0.15) is 0 Å². The van der Waals surface area contributed by atoms with Crippen molar-refractivity contribution in [3.05, 3.63) is 35.9 Å². The van der Waals surface area contributed by atoms with E-state index in [0.29, 0.717) is 38.3 Å². The molecule has 0 spiro atoms. The highest BCUT2D eigenvalue weighted by Gasteiger charge is 2.70. The van der Waals surface area contributed by atoms with Gasteiger partial charge in [0, 0.05) is 31.5 Å². The Bertz CT molecular complexity index is 1620. The Morgan fingerprint density at radius 3 is 2.04 bits per heavy atom. The highest BCUT2D eigenvalue weighted by atomic mass is 16.2. The summed E-state index contributed by atoms with van der Waals surface area (Å²) in [6.07, 6.45) is 3.97. The minimum atomic E-state index is -0.999. The molecule has 2 aliphatic heterocycles. The fraction of sp³-hybridized carbons (Fsp3) is 0.707. The van der Waals surface area contributed by atoms with Gasteiger partial charge in [-0.25, -0.2) is 14.6 Å². The van der Waals surface area contributed by atoms with Crippen molar-refractivity contribution in [2.75, 3.05) is 19.6 Å². The van der Waals surface area contributed by atoms with Crippen molar-refractivity contribution in [1.29, 1.82) is 0 Å². The second kappa shape index (κ2) is 14.5. The molecule has 8 atom stereocenters. The van der Waals surface area contributed by atoms with Crippen LogP contribution < -0.4 is 21.4 Å². The van der Waals surface area contributed by atoms with Gasteiger partial charge in [-0.1, -0.05) is 85.7 Å². The van der Waals surface area contributed by atoms with E-state index in [4.69, 9.17) is 0 Å². The van der Waals surface area contributed by atoms with Crippen LogP contribution in [0.4, 0.5) is 9.59 Å². The highest BCUT2D eigenvalue weighted by molar-refractivity contribution is 6.01. The lowest BCUT2D eigenvalue weighted by atomic mass is 9.84. The van der Waals surface area contributed by atoms with Crippen LogP contribution in [-0.4, -0.2) is 88.3 Å². The summed E-state index contributed by atoms with van der Waals surface area (Å²) >= 11 is 0. The predicted octanol–water partition coefficient (Wildman–Crippen LogP) is 4.60. The number of hydrogen-bond donors (Lipinski definition) is 4. The largest absolute Gasteiger partial charge is 0.336 e. The lowest BCUT2D eigenvalue weighted by Gasteiger charge is -2.40. The number of rotatable bonds is 10. The molecule has 2 unspecified atom stereocenters. The van der Waals surface area contributed by atoms with Crippen molar-refractivity contribution in [1.82, 2.24) is 36.2 Å². The summed E-state index contributed by atoms with van der Waals surface area (Å²) in [5.41, 5.74) is 2.43. The number of hydrogen-bond acceptors (Lipinski definition) is 6. The number of fused-ring (bicyclic) bond motifs is 3. The average Bonchev–Trinajstić information content (AvgIpc) is 3.83. The second-order valence-corrected chi connectivity index (χ2v) is 19.3. The van der Waals surface area contributed by atoms with Gasteiger partial charge in [-0.3, -0.25) is 29.5 Å². The summed E-state index contributed by atoms with van der Waals surface area (Å²) < 4.78 is 0. The summed E-state index contributed by atoms with van der Waals surface area (Å²) in [4.78, 5) is 85.6. The van der Waals surface area contributed by atoms with E-state index in [-0.39, 0.29) is 59.4 Å². The number of benzene rings is 1. The van der Waals surface area contributed by atoms with Crippen molar-refractivity contribution in [2.24, 2.45) is 45.8 Å². The molecular weight excluding hydrogens is 686 g/mol. The maximum Gasteiger partial charge on any atom is 0.336 e. The zero-order valence-corrected chi connectivity index (χ0v) is 33.5. The van der Waals surface area contributed by atoms with Crippen LogP contribution in [0.3, 0.4) is 0 Å². The Balaban J connectivity index is 1.16. The first-order valence-electron chi connectivity index (χ1n) is 19.8. The Morgan fingerprint density at radius 2 is 1.48 bits per heavy atom.